The van der Waals surface area contributed by atoms with E-state index in [4.69, 9.17) is 9.47 Å². The molecule has 2 aliphatic rings. The van der Waals surface area contributed by atoms with Gasteiger partial charge < -0.3 is 14.8 Å². The fourth-order valence-electron chi connectivity index (χ4n) is 3.23. The summed E-state index contributed by atoms with van der Waals surface area (Å²) < 4.78 is 12.7. The van der Waals surface area contributed by atoms with Crippen molar-refractivity contribution in [2.75, 3.05) is 20.2 Å². The maximum absolute atomic E-state index is 6.20. The largest absolute Gasteiger partial charge is 0.492 e. The Morgan fingerprint density at radius 1 is 1.20 bits per heavy atom. The molecular weight excluding hydrogens is 318 g/mol. The molecule has 4 heteroatoms. The molecule has 0 spiro atoms. The highest BCUT2D eigenvalue weighted by molar-refractivity contribution is 9.10. The number of methoxy groups -OCH3 is 1. The minimum absolute atomic E-state index is 0.354. The van der Waals surface area contributed by atoms with Crippen LogP contribution in [0.25, 0.3) is 0 Å². The Morgan fingerprint density at radius 3 is 2.65 bits per heavy atom. The van der Waals surface area contributed by atoms with Crippen LogP contribution in [0.15, 0.2) is 16.6 Å². The first-order valence-corrected chi connectivity index (χ1v) is 8.32. The van der Waals surface area contributed by atoms with Crippen LogP contribution in [-0.4, -0.2) is 26.3 Å². The lowest BCUT2D eigenvalue weighted by Gasteiger charge is -2.19. The van der Waals surface area contributed by atoms with Crippen molar-refractivity contribution in [2.45, 2.75) is 44.1 Å². The molecule has 1 aromatic carbocycles. The molecule has 0 amide bonds. The Balaban J connectivity index is 1.87. The standard InChI is InChI=1S/C16H22BrNO2/c1-19-16-14(17)8-12(11-6-7-18-10-11)9-15(16)20-13-4-2-3-5-13/h8-9,11,13,18H,2-7,10H2,1H3. The van der Waals surface area contributed by atoms with Crippen molar-refractivity contribution < 1.29 is 9.47 Å². The molecule has 0 aromatic heterocycles. The quantitative estimate of drug-likeness (QED) is 0.903. The molecule has 3 nitrogen and oxygen atoms in total. The Bertz CT molecular complexity index is 466. The predicted molar refractivity (Wildman–Crippen MR) is 83.8 cm³/mol. The van der Waals surface area contributed by atoms with Crippen LogP contribution in [0.3, 0.4) is 0 Å². The van der Waals surface area contributed by atoms with Crippen molar-refractivity contribution in [1.82, 2.24) is 5.32 Å². The number of halogens is 1. The van der Waals surface area contributed by atoms with E-state index in [0.29, 0.717) is 12.0 Å². The average Bonchev–Trinajstić information content (AvgIpc) is 3.11. The summed E-state index contributed by atoms with van der Waals surface area (Å²) >= 11 is 3.63. The van der Waals surface area contributed by atoms with Crippen LogP contribution in [0.4, 0.5) is 0 Å². The van der Waals surface area contributed by atoms with Gasteiger partial charge in [0.25, 0.3) is 0 Å². The van der Waals surface area contributed by atoms with Gasteiger partial charge in [0.15, 0.2) is 11.5 Å². The van der Waals surface area contributed by atoms with E-state index in [-0.39, 0.29) is 0 Å². The van der Waals surface area contributed by atoms with Crippen LogP contribution in [0, 0.1) is 0 Å². The Kier molecular flexibility index (Phi) is 4.51. The van der Waals surface area contributed by atoms with E-state index in [2.05, 4.69) is 33.4 Å². The van der Waals surface area contributed by atoms with E-state index in [1.807, 2.05) is 0 Å². The lowest BCUT2D eigenvalue weighted by Crippen LogP contribution is -2.13. The van der Waals surface area contributed by atoms with E-state index < -0.39 is 0 Å². The maximum atomic E-state index is 6.20. The van der Waals surface area contributed by atoms with E-state index in [1.165, 1.54) is 24.8 Å². The minimum Gasteiger partial charge on any atom is -0.492 e. The number of ether oxygens (including phenoxy) is 2. The highest BCUT2D eigenvalue weighted by Gasteiger charge is 2.23. The van der Waals surface area contributed by atoms with Crippen molar-refractivity contribution in [3.8, 4) is 11.5 Å². The van der Waals surface area contributed by atoms with Crippen molar-refractivity contribution >= 4 is 15.9 Å². The van der Waals surface area contributed by atoms with E-state index in [0.717, 1.165) is 41.9 Å². The third-order valence-corrected chi connectivity index (χ3v) is 4.95. The van der Waals surface area contributed by atoms with Gasteiger partial charge >= 0.3 is 0 Å². The zero-order chi connectivity index (χ0) is 13.9. The van der Waals surface area contributed by atoms with E-state index in [9.17, 15) is 0 Å². The number of nitrogens with one attached hydrogen (secondary N) is 1. The fourth-order valence-corrected chi connectivity index (χ4v) is 3.86. The molecule has 1 aliphatic carbocycles. The summed E-state index contributed by atoms with van der Waals surface area (Å²) in [5.74, 6) is 2.31. The number of rotatable bonds is 4. The van der Waals surface area contributed by atoms with Gasteiger partial charge in [-0.15, -0.1) is 0 Å². The molecule has 2 fully saturated rings. The summed E-state index contributed by atoms with van der Waals surface area (Å²) in [4.78, 5) is 0. The van der Waals surface area contributed by atoms with Crippen LogP contribution < -0.4 is 14.8 Å². The molecule has 1 unspecified atom stereocenters. The van der Waals surface area contributed by atoms with Gasteiger partial charge in [-0.25, -0.2) is 0 Å². The molecule has 1 saturated carbocycles. The van der Waals surface area contributed by atoms with Crippen molar-refractivity contribution in [3.05, 3.63) is 22.2 Å². The number of hydrogen-bond donors (Lipinski definition) is 1. The van der Waals surface area contributed by atoms with E-state index in [1.54, 1.807) is 7.11 Å². The summed E-state index contributed by atoms with van der Waals surface area (Å²) in [7, 11) is 1.71. The third kappa shape index (κ3) is 2.96. The second-order valence-corrected chi connectivity index (χ2v) is 6.60. The smallest absolute Gasteiger partial charge is 0.174 e. The molecule has 0 radical (unpaired) electrons. The normalized spacial score (nSPS) is 23.2. The highest BCUT2D eigenvalue weighted by Crippen LogP contribution is 2.41. The van der Waals surface area contributed by atoms with Crippen LogP contribution in [-0.2, 0) is 0 Å². The summed E-state index contributed by atoms with van der Waals surface area (Å²) in [5.41, 5.74) is 1.34. The molecule has 3 rings (SSSR count). The Labute approximate surface area is 129 Å². The van der Waals surface area contributed by atoms with Crippen LogP contribution in [0.2, 0.25) is 0 Å². The second kappa shape index (κ2) is 6.35. The summed E-state index contributed by atoms with van der Waals surface area (Å²) in [6.07, 6.45) is 6.43. The van der Waals surface area contributed by atoms with Crippen LogP contribution in [0.1, 0.15) is 43.6 Å². The lowest BCUT2D eigenvalue weighted by molar-refractivity contribution is 0.200. The van der Waals surface area contributed by atoms with Crippen LogP contribution >= 0.6 is 15.9 Å². The molecule has 1 heterocycles. The number of hydrogen-bond acceptors (Lipinski definition) is 3. The van der Waals surface area contributed by atoms with Crippen molar-refractivity contribution in [1.29, 1.82) is 0 Å². The van der Waals surface area contributed by atoms with Gasteiger partial charge in [0.05, 0.1) is 17.7 Å². The van der Waals surface area contributed by atoms with Gasteiger partial charge in [0, 0.05) is 6.54 Å². The van der Waals surface area contributed by atoms with Crippen molar-refractivity contribution in [2.24, 2.45) is 0 Å². The molecule has 0 bridgehead atoms. The monoisotopic (exact) mass is 339 g/mol. The summed E-state index contributed by atoms with van der Waals surface area (Å²) in [6.45, 7) is 2.16. The SMILES string of the molecule is COc1c(Br)cc(C2CCNC2)cc1OC1CCCC1. The van der Waals surface area contributed by atoms with Gasteiger partial charge in [-0.2, -0.15) is 0 Å². The molecule has 20 heavy (non-hydrogen) atoms. The lowest BCUT2D eigenvalue weighted by atomic mass is 9.98. The van der Waals surface area contributed by atoms with Gasteiger partial charge in [-0.1, -0.05) is 0 Å². The van der Waals surface area contributed by atoms with E-state index >= 15 is 0 Å². The first kappa shape index (κ1) is 14.2. The third-order valence-electron chi connectivity index (χ3n) is 4.36. The second-order valence-electron chi connectivity index (χ2n) is 5.75. The predicted octanol–water partition coefficient (Wildman–Crippen LogP) is 3.86. The minimum atomic E-state index is 0.354. The Hall–Kier alpha value is -0.740. The molecule has 1 saturated heterocycles. The topological polar surface area (TPSA) is 30.5 Å². The molecular formula is C16H22BrNO2. The molecule has 1 aliphatic heterocycles. The van der Waals surface area contributed by atoms with Crippen LogP contribution in [0.5, 0.6) is 11.5 Å². The first-order chi connectivity index (χ1) is 9.78. The summed E-state index contributed by atoms with van der Waals surface area (Å²) in [5, 5.41) is 3.42. The molecule has 110 valence electrons. The highest BCUT2D eigenvalue weighted by atomic mass is 79.9. The maximum Gasteiger partial charge on any atom is 0.174 e. The zero-order valence-corrected chi connectivity index (χ0v) is 13.5. The van der Waals surface area contributed by atoms with Gasteiger partial charge in [-0.05, 0) is 78.2 Å². The van der Waals surface area contributed by atoms with Gasteiger partial charge in [0.1, 0.15) is 0 Å². The summed E-state index contributed by atoms with van der Waals surface area (Å²) in [6, 6.07) is 4.36. The van der Waals surface area contributed by atoms with Gasteiger partial charge in [-0.3, -0.25) is 0 Å². The first-order valence-electron chi connectivity index (χ1n) is 7.52. The average molecular weight is 340 g/mol. The molecule has 1 aromatic rings. The Morgan fingerprint density at radius 2 is 2.00 bits per heavy atom. The number of benzene rings is 1. The molecule has 1 atom stereocenters. The zero-order valence-electron chi connectivity index (χ0n) is 12.0. The van der Waals surface area contributed by atoms with Gasteiger partial charge in [0.2, 0.25) is 0 Å². The van der Waals surface area contributed by atoms with Crippen molar-refractivity contribution in [3.63, 3.8) is 0 Å². The fraction of sp³-hybridized carbons (Fsp3) is 0.625. The molecule has 1 N–H and O–H groups in total.